The van der Waals surface area contributed by atoms with Gasteiger partial charge >= 0.3 is 5.69 Å². The Morgan fingerprint density at radius 3 is 2.75 bits per heavy atom. The monoisotopic (exact) mass is 286 g/mol. The number of hydrogen-bond donors (Lipinski definition) is 0. The van der Waals surface area contributed by atoms with Gasteiger partial charge in [-0.25, -0.2) is 9.48 Å². The second-order valence-electron chi connectivity index (χ2n) is 4.55. The lowest BCUT2D eigenvalue weighted by atomic mass is 10.3. The minimum absolute atomic E-state index is 0.128. The Balaban J connectivity index is 2.00. The van der Waals surface area contributed by atoms with E-state index in [1.54, 1.807) is 29.1 Å². The van der Waals surface area contributed by atoms with E-state index in [0.29, 0.717) is 12.4 Å². The van der Waals surface area contributed by atoms with E-state index in [4.69, 9.17) is 0 Å². The van der Waals surface area contributed by atoms with Crippen molar-refractivity contribution in [3.05, 3.63) is 57.6 Å². The normalized spacial score (nSPS) is 10.9. The molecule has 0 N–H and O–H groups in total. The van der Waals surface area contributed by atoms with Gasteiger partial charge in [0, 0.05) is 18.1 Å². The first-order valence-electron chi connectivity index (χ1n) is 6.25. The molecule has 0 aliphatic rings. The second-order valence-corrected chi connectivity index (χ2v) is 5.84. The fourth-order valence-corrected chi connectivity index (χ4v) is 2.89. The molecule has 0 radical (unpaired) electrons. The molecule has 0 unspecified atom stereocenters. The Labute approximate surface area is 120 Å². The molecule has 3 aromatic rings. The van der Waals surface area contributed by atoms with Gasteiger partial charge in [0.15, 0.2) is 5.82 Å². The maximum Gasteiger partial charge on any atom is 0.346 e. The van der Waals surface area contributed by atoms with Crippen LogP contribution in [-0.4, -0.2) is 19.3 Å². The van der Waals surface area contributed by atoms with E-state index in [2.05, 4.69) is 10.1 Å². The minimum atomic E-state index is -0.128. The van der Waals surface area contributed by atoms with E-state index < -0.39 is 0 Å². The Morgan fingerprint density at radius 1 is 1.25 bits per heavy atom. The second kappa shape index (κ2) is 5.05. The summed E-state index contributed by atoms with van der Waals surface area (Å²) in [5.41, 5.74) is 0.693. The van der Waals surface area contributed by atoms with Crippen molar-refractivity contribution >= 4 is 11.3 Å². The van der Waals surface area contributed by atoms with Crippen molar-refractivity contribution in [1.29, 1.82) is 0 Å². The highest BCUT2D eigenvalue weighted by atomic mass is 32.1. The third kappa shape index (κ3) is 2.30. The van der Waals surface area contributed by atoms with E-state index in [1.165, 1.54) is 9.56 Å². The number of pyridine rings is 1. The van der Waals surface area contributed by atoms with Crippen molar-refractivity contribution in [2.75, 3.05) is 0 Å². The van der Waals surface area contributed by atoms with Crippen LogP contribution in [0.2, 0.25) is 0 Å². The van der Waals surface area contributed by atoms with Gasteiger partial charge in [0.2, 0.25) is 0 Å². The van der Waals surface area contributed by atoms with Gasteiger partial charge < -0.3 is 0 Å². The highest BCUT2D eigenvalue weighted by Gasteiger charge is 2.13. The van der Waals surface area contributed by atoms with Crippen LogP contribution in [0.1, 0.15) is 10.6 Å². The Hall–Kier alpha value is -2.21. The van der Waals surface area contributed by atoms with Gasteiger partial charge in [-0.05, 0) is 31.2 Å². The zero-order chi connectivity index (χ0) is 14.1. The molecule has 0 fully saturated rings. The maximum absolute atomic E-state index is 12.2. The van der Waals surface area contributed by atoms with Crippen LogP contribution in [0.25, 0.3) is 10.7 Å². The summed E-state index contributed by atoms with van der Waals surface area (Å²) >= 11 is 1.63. The van der Waals surface area contributed by atoms with Crippen LogP contribution in [0.5, 0.6) is 0 Å². The predicted octanol–water partition coefficient (Wildman–Crippen LogP) is 2.06. The fraction of sp³-hybridized carbons (Fsp3) is 0.214. The van der Waals surface area contributed by atoms with Crippen LogP contribution in [0.3, 0.4) is 0 Å². The van der Waals surface area contributed by atoms with Crippen molar-refractivity contribution < 1.29 is 0 Å². The van der Waals surface area contributed by atoms with Gasteiger partial charge in [-0.2, -0.15) is 0 Å². The lowest BCUT2D eigenvalue weighted by molar-refractivity contribution is 0.636. The summed E-state index contributed by atoms with van der Waals surface area (Å²) in [5.74, 6) is 0.698. The van der Waals surface area contributed by atoms with Gasteiger partial charge in [0.05, 0.1) is 17.1 Å². The highest BCUT2D eigenvalue weighted by Crippen LogP contribution is 2.24. The summed E-state index contributed by atoms with van der Waals surface area (Å²) in [4.78, 5) is 18.6. The smallest absolute Gasteiger partial charge is 0.277 e. The van der Waals surface area contributed by atoms with Gasteiger partial charge in [0.1, 0.15) is 0 Å². The molecule has 3 aromatic heterocycles. The first-order valence-corrected chi connectivity index (χ1v) is 7.07. The molecule has 0 saturated carbocycles. The molecule has 5 nitrogen and oxygen atoms in total. The van der Waals surface area contributed by atoms with Crippen molar-refractivity contribution in [2.45, 2.75) is 13.5 Å². The standard InChI is InChI=1S/C14H14N4OS/c1-10-6-7-12(20-10)13-16-18(14(19)17(13)2)9-11-5-3-4-8-15-11/h3-8H,9H2,1-2H3. The summed E-state index contributed by atoms with van der Waals surface area (Å²) in [7, 11) is 1.74. The summed E-state index contributed by atoms with van der Waals surface area (Å²) < 4.78 is 3.03. The number of rotatable bonds is 3. The Kier molecular flexibility index (Phi) is 3.23. The Morgan fingerprint density at radius 2 is 2.10 bits per heavy atom. The van der Waals surface area contributed by atoms with Gasteiger partial charge in [-0.15, -0.1) is 16.4 Å². The SMILES string of the molecule is Cc1ccc(-c2nn(Cc3ccccn3)c(=O)n2C)s1. The van der Waals surface area contributed by atoms with Crippen LogP contribution < -0.4 is 5.69 Å². The van der Waals surface area contributed by atoms with Gasteiger partial charge in [0.25, 0.3) is 0 Å². The van der Waals surface area contributed by atoms with E-state index >= 15 is 0 Å². The van der Waals surface area contributed by atoms with Crippen LogP contribution in [0, 0.1) is 6.92 Å². The van der Waals surface area contributed by atoms with Crippen LogP contribution in [0.4, 0.5) is 0 Å². The molecule has 0 aliphatic heterocycles. The molecule has 0 bridgehead atoms. The van der Waals surface area contributed by atoms with Crippen LogP contribution >= 0.6 is 11.3 Å². The number of aromatic nitrogens is 4. The molecular formula is C14H14N4OS. The lowest BCUT2D eigenvalue weighted by Crippen LogP contribution is -2.23. The lowest BCUT2D eigenvalue weighted by Gasteiger charge is -1.97. The highest BCUT2D eigenvalue weighted by molar-refractivity contribution is 7.15. The zero-order valence-electron chi connectivity index (χ0n) is 11.3. The topological polar surface area (TPSA) is 52.7 Å². The summed E-state index contributed by atoms with van der Waals surface area (Å²) in [5, 5.41) is 4.43. The average molecular weight is 286 g/mol. The van der Waals surface area contributed by atoms with Gasteiger partial charge in [-0.3, -0.25) is 9.55 Å². The molecule has 0 atom stereocenters. The van der Waals surface area contributed by atoms with Gasteiger partial charge in [-0.1, -0.05) is 6.07 Å². The average Bonchev–Trinajstić information content (AvgIpc) is 2.99. The third-order valence-electron chi connectivity index (χ3n) is 3.04. The predicted molar refractivity (Wildman–Crippen MR) is 78.9 cm³/mol. The van der Waals surface area contributed by atoms with Crippen molar-refractivity contribution in [3.63, 3.8) is 0 Å². The zero-order valence-corrected chi connectivity index (χ0v) is 12.1. The van der Waals surface area contributed by atoms with Crippen LogP contribution in [0.15, 0.2) is 41.3 Å². The number of hydrogen-bond acceptors (Lipinski definition) is 4. The van der Waals surface area contributed by atoms with Crippen molar-refractivity contribution in [2.24, 2.45) is 7.05 Å². The summed E-state index contributed by atoms with van der Waals surface area (Å²) in [6.45, 7) is 2.43. The Bertz CT molecular complexity index is 785. The molecule has 0 saturated heterocycles. The summed E-state index contributed by atoms with van der Waals surface area (Å²) in [6.07, 6.45) is 1.72. The van der Waals surface area contributed by atoms with Crippen LogP contribution in [-0.2, 0) is 13.6 Å². The molecular weight excluding hydrogens is 272 g/mol. The van der Waals surface area contributed by atoms with E-state index in [1.807, 2.05) is 37.3 Å². The minimum Gasteiger partial charge on any atom is -0.277 e. The number of aryl methyl sites for hydroxylation is 1. The quantitative estimate of drug-likeness (QED) is 0.740. The first kappa shape index (κ1) is 12.8. The molecule has 0 aliphatic carbocycles. The third-order valence-corrected chi connectivity index (χ3v) is 4.04. The van der Waals surface area contributed by atoms with E-state index in [-0.39, 0.29) is 5.69 Å². The first-order chi connectivity index (χ1) is 9.65. The molecule has 20 heavy (non-hydrogen) atoms. The summed E-state index contributed by atoms with van der Waals surface area (Å²) in [6, 6.07) is 9.66. The fourth-order valence-electron chi connectivity index (χ4n) is 2.01. The number of nitrogens with zero attached hydrogens (tertiary/aromatic N) is 4. The van der Waals surface area contributed by atoms with E-state index in [9.17, 15) is 4.79 Å². The van der Waals surface area contributed by atoms with E-state index in [0.717, 1.165) is 10.6 Å². The molecule has 3 heterocycles. The number of thiophene rings is 1. The molecule has 0 spiro atoms. The molecule has 0 amide bonds. The van der Waals surface area contributed by atoms with Crippen molar-refractivity contribution in [3.8, 4) is 10.7 Å². The largest absolute Gasteiger partial charge is 0.346 e. The molecule has 6 heteroatoms. The maximum atomic E-state index is 12.2. The molecule has 102 valence electrons. The molecule has 0 aromatic carbocycles. The van der Waals surface area contributed by atoms with Crippen molar-refractivity contribution in [1.82, 2.24) is 19.3 Å². The molecule has 3 rings (SSSR count).